The summed E-state index contributed by atoms with van der Waals surface area (Å²) in [4.78, 5) is 16.4. The van der Waals surface area contributed by atoms with Gasteiger partial charge in [-0.3, -0.25) is 9.71 Å². The number of halogens is 3. The number of nitrogens with one attached hydrogen (secondary N) is 1. The standard InChI is InChI=1S/C27H28ClF2N7O4SSi/c1-40-27-22(11-17(29)12-33-27)42(38,39)35-19-6-5-18(28)23(24(19)30)20-14-37-15-34-25(21(37)13-32-20)26-31-7-8-36(26)16-41-9-10-43(2,3)4/h5-8,11-15,35H,9-10,16H2,1-4H3. The summed E-state index contributed by atoms with van der Waals surface area (Å²) in [5.74, 6) is -1.68. The van der Waals surface area contributed by atoms with E-state index in [1.54, 1.807) is 16.8 Å². The summed E-state index contributed by atoms with van der Waals surface area (Å²) in [5.41, 5.74) is 0.666. The minimum Gasteiger partial charge on any atom is -0.480 e. The van der Waals surface area contributed by atoms with Crippen molar-refractivity contribution in [3.05, 3.63) is 72.2 Å². The average Bonchev–Trinajstić information content (AvgIpc) is 3.58. The minimum absolute atomic E-state index is 0.0105. The molecule has 0 amide bonds. The molecule has 43 heavy (non-hydrogen) atoms. The molecular weight excluding hydrogens is 620 g/mol. The monoisotopic (exact) mass is 647 g/mol. The normalized spacial score (nSPS) is 12.2. The predicted octanol–water partition coefficient (Wildman–Crippen LogP) is 5.71. The van der Waals surface area contributed by atoms with Gasteiger partial charge in [0, 0.05) is 39.3 Å². The fraction of sp³-hybridized carbons (Fsp3) is 0.259. The number of rotatable bonds is 11. The zero-order valence-electron chi connectivity index (χ0n) is 23.7. The van der Waals surface area contributed by atoms with Crippen LogP contribution < -0.4 is 9.46 Å². The summed E-state index contributed by atoms with van der Waals surface area (Å²) >= 11 is 6.35. The van der Waals surface area contributed by atoms with Crippen molar-refractivity contribution in [1.82, 2.24) is 28.9 Å². The number of ether oxygens (including phenoxy) is 2. The molecular formula is C27H28ClF2N7O4SSi. The summed E-state index contributed by atoms with van der Waals surface area (Å²) in [6.45, 7) is 7.82. The van der Waals surface area contributed by atoms with E-state index in [-0.39, 0.29) is 22.2 Å². The van der Waals surface area contributed by atoms with Gasteiger partial charge in [-0.2, -0.15) is 0 Å². The van der Waals surface area contributed by atoms with E-state index in [2.05, 4.69) is 44.3 Å². The third kappa shape index (κ3) is 6.54. The van der Waals surface area contributed by atoms with Gasteiger partial charge in [0.15, 0.2) is 16.5 Å². The van der Waals surface area contributed by atoms with Gasteiger partial charge in [0.2, 0.25) is 5.88 Å². The van der Waals surface area contributed by atoms with Gasteiger partial charge < -0.3 is 18.4 Å². The fourth-order valence-corrected chi connectivity index (χ4v) is 6.38. The largest absolute Gasteiger partial charge is 0.480 e. The molecule has 0 atom stereocenters. The zero-order valence-corrected chi connectivity index (χ0v) is 26.2. The van der Waals surface area contributed by atoms with Crippen molar-refractivity contribution in [2.45, 2.75) is 37.3 Å². The van der Waals surface area contributed by atoms with Crippen LogP contribution in [0.15, 0.2) is 60.4 Å². The zero-order chi connectivity index (χ0) is 30.9. The molecule has 0 aliphatic carbocycles. The molecule has 0 fully saturated rings. The van der Waals surface area contributed by atoms with Gasteiger partial charge in [-0.25, -0.2) is 32.2 Å². The number of aromatic nitrogens is 6. The molecule has 5 rings (SSSR count). The Bertz CT molecular complexity index is 1910. The minimum atomic E-state index is -4.50. The first-order valence-electron chi connectivity index (χ1n) is 13.0. The number of nitrogens with zero attached hydrogens (tertiary/aromatic N) is 6. The van der Waals surface area contributed by atoms with E-state index >= 15 is 4.39 Å². The number of methoxy groups -OCH3 is 1. The maximum Gasteiger partial charge on any atom is 0.267 e. The van der Waals surface area contributed by atoms with Crippen LogP contribution in [-0.2, 0) is 21.5 Å². The van der Waals surface area contributed by atoms with Crippen LogP contribution >= 0.6 is 11.6 Å². The van der Waals surface area contributed by atoms with Crippen LogP contribution in [0.3, 0.4) is 0 Å². The quantitative estimate of drug-likeness (QED) is 0.143. The molecule has 4 aromatic heterocycles. The Balaban J connectivity index is 1.44. The molecule has 1 N–H and O–H groups in total. The Morgan fingerprint density at radius 2 is 1.88 bits per heavy atom. The molecule has 11 nitrogen and oxygen atoms in total. The molecule has 5 aromatic rings. The maximum absolute atomic E-state index is 15.8. The van der Waals surface area contributed by atoms with Crippen molar-refractivity contribution in [1.29, 1.82) is 0 Å². The summed E-state index contributed by atoms with van der Waals surface area (Å²) in [6.07, 6.45) is 8.81. The van der Waals surface area contributed by atoms with Crippen LogP contribution in [0.4, 0.5) is 14.5 Å². The van der Waals surface area contributed by atoms with Crippen LogP contribution in [0.2, 0.25) is 30.7 Å². The first-order valence-corrected chi connectivity index (χ1v) is 18.6. The van der Waals surface area contributed by atoms with Gasteiger partial charge in [0.1, 0.15) is 24.6 Å². The van der Waals surface area contributed by atoms with Gasteiger partial charge in [-0.15, -0.1) is 0 Å². The Morgan fingerprint density at radius 3 is 2.63 bits per heavy atom. The van der Waals surface area contributed by atoms with Crippen LogP contribution in [0.5, 0.6) is 5.88 Å². The highest BCUT2D eigenvalue weighted by molar-refractivity contribution is 7.92. The number of sulfonamides is 1. The third-order valence-electron chi connectivity index (χ3n) is 6.43. The van der Waals surface area contributed by atoms with Crippen molar-refractivity contribution in [3.63, 3.8) is 0 Å². The molecule has 226 valence electrons. The summed E-state index contributed by atoms with van der Waals surface area (Å²) in [6, 6.07) is 4.23. The first-order chi connectivity index (χ1) is 20.4. The summed E-state index contributed by atoms with van der Waals surface area (Å²) in [7, 11) is -4.55. The van der Waals surface area contributed by atoms with E-state index in [0.717, 1.165) is 24.4 Å². The third-order valence-corrected chi connectivity index (χ3v) is 9.81. The highest BCUT2D eigenvalue weighted by atomic mass is 35.5. The number of hydrogen-bond donors (Lipinski definition) is 1. The lowest BCUT2D eigenvalue weighted by Crippen LogP contribution is -2.22. The van der Waals surface area contributed by atoms with Crippen molar-refractivity contribution < 1.29 is 26.7 Å². The number of fused-ring (bicyclic) bond motifs is 1. The van der Waals surface area contributed by atoms with Crippen molar-refractivity contribution in [2.24, 2.45) is 0 Å². The van der Waals surface area contributed by atoms with Crippen LogP contribution in [0.1, 0.15) is 0 Å². The smallest absolute Gasteiger partial charge is 0.267 e. The van der Waals surface area contributed by atoms with E-state index in [4.69, 9.17) is 21.1 Å². The fourth-order valence-electron chi connectivity index (χ4n) is 4.19. The van der Waals surface area contributed by atoms with Gasteiger partial charge in [-0.1, -0.05) is 31.2 Å². The van der Waals surface area contributed by atoms with E-state index in [1.807, 2.05) is 4.57 Å². The first kappa shape index (κ1) is 30.5. The maximum atomic E-state index is 15.8. The van der Waals surface area contributed by atoms with Crippen LogP contribution in [0, 0.1) is 11.6 Å². The Labute approximate surface area is 252 Å². The highest BCUT2D eigenvalue weighted by Crippen LogP contribution is 2.35. The molecule has 0 spiro atoms. The number of imidazole rings is 2. The number of pyridine rings is 1. The van der Waals surface area contributed by atoms with Gasteiger partial charge in [-0.05, 0) is 18.2 Å². The molecule has 0 aliphatic heterocycles. The molecule has 0 unspecified atom stereocenters. The summed E-state index contributed by atoms with van der Waals surface area (Å²) < 4.78 is 72.1. The lowest BCUT2D eigenvalue weighted by Gasteiger charge is -2.16. The second kappa shape index (κ2) is 12.0. The Morgan fingerprint density at radius 1 is 1.09 bits per heavy atom. The molecule has 0 aliphatic rings. The topological polar surface area (TPSA) is 126 Å². The average molecular weight is 648 g/mol. The molecule has 0 saturated carbocycles. The molecule has 4 heterocycles. The van der Waals surface area contributed by atoms with Crippen LogP contribution in [0.25, 0.3) is 28.3 Å². The summed E-state index contributed by atoms with van der Waals surface area (Å²) in [5, 5.41) is -0.0105. The second-order valence-corrected chi connectivity index (χ2v) is 18.5. The lowest BCUT2D eigenvalue weighted by atomic mass is 10.1. The van der Waals surface area contributed by atoms with Crippen molar-refractivity contribution >= 4 is 40.9 Å². The van der Waals surface area contributed by atoms with Gasteiger partial charge in [0.05, 0.1) is 47.0 Å². The van der Waals surface area contributed by atoms with Crippen molar-refractivity contribution in [2.75, 3.05) is 18.4 Å². The Hall–Kier alpha value is -3.92. The van der Waals surface area contributed by atoms with Crippen LogP contribution in [-0.4, -0.2) is 59.1 Å². The molecule has 16 heteroatoms. The van der Waals surface area contributed by atoms with Crippen molar-refractivity contribution in [3.8, 4) is 28.7 Å². The van der Waals surface area contributed by atoms with E-state index < -0.39 is 40.3 Å². The number of hydrogen-bond acceptors (Lipinski definition) is 8. The van der Waals surface area contributed by atoms with E-state index in [9.17, 15) is 12.8 Å². The van der Waals surface area contributed by atoms with E-state index in [1.165, 1.54) is 31.9 Å². The molecule has 0 bridgehead atoms. The molecule has 0 saturated heterocycles. The van der Waals surface area contributed by atoms with Gasteiger partial charge >= 0.3 is 0 Å². The molecule has 0 radical (unpaired) electrons. The SMILES string of the molecule is COc1ncc(F)cc1S(=O)(=O)Nc1ccc(Cl)c(-c2cn3cnc(-c4nccn4COCC[Si](C)(C)C)c3cn2)c1F. The van der Waals surface area contributed by atoms with Gasteiger partial charge in [0.25, 0.3) is 10.0 Å². The predicted molar refractivity (Wildman–Crippen MR) is 160 cm³/mol. The number of anilines is 1. The van der Waals surface area contributed by atoms with E-state index in [0.29, 0.717) is 30.4 Å². The number of benzene rings is 1. The molecule has 1 aromatic carbocycles. The highest BCUT2D eigenvalue weighted by Gasteiger charge is 2.25. The lowest BCUT2D eigenvalue weighted by molar-refractivity contribution is 0.0882. The second-order valence-electron chi connectivity index (χ2n) is 10.8. The Kier molecular flexibility index (Phi) is 8.51.